The summed E-state index contributed by atoms with van der Waals surface area (Å²) in [4.78, 5) is 12.4. The van der Waals surface area contributed by atoms with Gasteiger partial charge in [0.05, 0.1) is 18.2 Å². The molecule has 0 spiro atoms. The van der Waals surface area contributed by atoms with E-state index in [2.05, 4.69) is 20.7 Å². The maximum atomic E-state index is 12.4. The van der Waals surface area contributed by atoms with E-state index in [1.807, 2.05) is 85.2 Å². The highest BCUT2D eigenvalue weighted by Crippen LogP contribution is 2.28. The summed E-state index contributed by atoms with van der Waals surface area (Å²) in [6.45, 7) is 3.90. The monoisotopic (exact) mass is 491 g/mol. The number of hydrogen-bond donors (Lipinski definition) is 1. The van der Waals surface area contributed by atoms with Crippen molar-refractivity contribution in [3.05, 3.63) is 88.8 Å². The number of aryl methyl sites for hydroxylation is 1. The number of hydrogen-bond acceptors (Lipinski definition) is 6. The highest BCUT2D eigenvalue weighted by molar-refractivity contribution is 7.99. The number of furan rings is 1. The third-order valence-electron chi connectivity index (χ3n) is 4.73. The lowest BCUT2D eigenvalue weighted by Gasteiger charge is -2.10. The zero-order chi connectivity index (χ0) is 23.9. The first kappa shape index (κ1) is 23.5. The molecule has 0 aliphatic heterocycles. The van der Waals surface area contributed by atoms with Crippen LogP contribution in [0.2, 0.25) is 5.02 Å². The van der Waals surface area contributed by atoms with Gasteiger partial charge in [0.15, 0.2) is 11.0 Å². The molecule has 7 nitrogen and oxygen atoms in total. The van der Waals surface area contributed by atoms with Crippen molar-refractivity contribution in [1.82, 2.24) is 20.2 Å². The lowest BCUT2D eigenvalue weighted by molar-refractivity contribution is -0.118. The van der Waals surface area contributed by atoms with Crippen LogP contribution in [0.3, 0.4) is 0 Å². The first-order valence-electron chi connectivity index (χ1n) is 10.4. The summed E-state index contributed by atoms with van der Waals surface area (Å²) in [6, 6.07) is 19.1. The molecular formula is C25H22ClN5O2S. The van der Waals surface area contributed by atoms with Gasteiger partial charge in [0.25, 0.3) is 5.91 Å². The zero-order valence-corrected chi connectivity index (χ0v) is 20.2. The second-order valence-electron chi connectivity index (χ2n) is 7.47. The van der Waals surface area contributed by atoms with Crippen LogP contribution in [0.25, 0.3) is 23.2 Å². The Balaban J connectivity index is 1.48. The maximum absolute atomic E-state index is 12.4. The summed E-state index contributed by atoms with van der Waals surface area (Å²) in [5.41, 5.74) is 6.30. The molecule has 9 heteroatoms. The van der Waals surface area contributed by atoms with Crippen molar-refractivity contribution in [2.24, 2.45) is 5.10 Å². The molecule has 0 saturated carbocycles. The highest BCUT2D eigenvalue weighted by atomic mass is 35.5. The number of amides is 1. The normalized spacial score (nSPS) is 11.8. The van der Waals surface area contributed by atoms with Gasteiger partial charge in [-0.3, -0.25) is 9.36 Å². The summed E-state index contributed by atoms with van der Waals surface area (Å²) in [6.07, 6.45) is 4.99. The molecular weight excluding hydrogens is 470 g/mol. The molecule has 2 aromatic heterocycles. The van der Waals surface area contributed by atoms with Crippen LogP contribution in [-0.4, -0.2) is 32.6 Å². The van der Waals surface area contributed by atoms with E-state index >= 15 is 0 Å². The highest BCUT2D eigenvalue weighted by Gasteiger charge is 2.17. The van der Waals surface area contributed by atoms with Crippen molar-refractivity contribution in [1.29, 1.82) is 0 Å². The van der Waals surface area contributed by atoms with Gasteiger partial charge in [-0.1, -0.05) is 41.1 Å². The van der Waals surface area contributed by atoms with Crippen LogP contribution in [0.5, 0.6) is 0 Å². The molecule has 0 aliphatic carbocycles. The molecule has 0 aliphatic rings. The number of hydrazone groups is 1. The quantitative estimate of drug-likeness (QED) is 0.191. The minimum atomic E-state index is -0.251. The zero-order valence-electron chi connectivity index (χ0n) is 18.6. The Kier molecular flexibility index (Phi) is 7.61. The smallest absolute Gasteiger partial charge is 0.250 e. The van der Waals surface area contributed by atoms with Crippen LogP contribution in [0, 0.1) is 6.92 Å². The molecule has 2 heterocycles. The van der Waals surface area contributed by atoms with Crippen LogP contribution < -0.4 is 5.43 Å². The topological polar surface area (TPSA) is 85.3 Å². The van der Waals surface area contributed by atoms with Crippen molar-refractivity contribution < 1.29 is 9.21 Å². The molecule has 34 heavy (non-hydrogen) atoms. The van der Waals surface area contributed by atoms with Gasteiger partial charge >= 0.3 is 0 Å². The summed E-state index contributed by atoms with van der Waals surface area (Å²) in [7, 11) is 0. The van der Waals surface area contributed by atoms with Gasteiger partial charge in [0.2, 0.25) is 0 Å². The Bertz CT molecular complexity index is 1310. The fourth-order valence-corrected chi connectivity index (χ4v) is 3.95. The SMILES string of the molecule is CC(/C=N/NC(=O)CSc1nnc(-c2ccc(Cl)cc2)n1-c1ccc(C)cc1)=C\c1ccco1. The van der Waals surface area contributed by atoms with E-state index in [0.717, 1.165) is 28.1 Å². The van der Waals surface area contributed by atoms with Gasteiger partial charge in [-0.15, -0.1) is 10.2 Å². The summed E-state index contributed by atoms with van der Waals surface area (Å²) >= 11 is 7.33. The number of rotatable bonds is 8. The molecule has 172 valence electrons. The van der Waals surface area contributed by atoms with Crippen LogP contribution >= 0.6 is 23.4 Å². The molecule has 2 aromatic carbocycles. The average Bonchev–Trinajstić information content (AvgIpc) is 3.49. The Morgan fingerprint density at radius 1 is 1.15 bits per heavy atom. The first-order chi connectivity index (χ1) is 16.5. The summed E-state index contributed by atoms with van der Waals surface area (Å²) in [5.74, 6) is 1.26. The Morgan fingerprint density at radius 3 is 2.62 bits per heavy atom. The van der Waals surface area contributed by atoms with Gasteiger partial charge in [-0.2, -0.15) is 5.10 Å². The Morgan fingerprint density at radius 2 is 1.91 bits per heavy atom. The third kappa shape index (κ3) is 6.03. The van der Waals surface area contributed by atoms with Gasteiger partial charge in [-0.25, -0.2) is 5.43 Å². The molecule has 4 rings (SSSR count). The first-order valence-corrected chi connectivity index (χ1v) is 11.8. The number of nitrogens with one attached hydrogen (secondary N) is 1. The van der Waals surface area contributed by atoms with Gasteiger partial charge in [-0.05, 0) is 74.0 Å². The van der Waals surface area contributed by atoms with Gasteiger partial charge in [0, 0.05) is 16.3 Å². The number of benzene rings is 2. The number of carbonyl (C=O) groups is 1. The Hall–Kier alpha value is -3.62. The van der Waals surface area contributed by atoms with Crippen molar-refractivity contribution in [3.8, 4) is 17.1 Å². The van der Waals surface area contributed by atoms with Gasteiger partial charge < -0.3 is 4.42 Å². The molecule has 0 unspecified atom stereocenters. The molecule has 0 atom stereocenters. The second kappa shape index (κ2) is 11.0. The number of halogens is 1. The lowest BCUT2D eigenvalue weighted by Crippen LogP contribution is -2.20. The molecule has 0 radical (unpaired) electrons. The molecule has 0 fully saturated rings. The van der Waals surface area contributed by atoms with E-state index in [9.17, 15) is 4.79 Å². The average molecular weight is 492 g/mol. The van der Waals surface area contributed by atoms with Crippen molar-refractivity contribution in [3.63, 3.8) is 0 Å². The maximum Gasteiger partial charge on any atom is 0.250 e. The molecule has 0 bridgehead atoms. The lowest BCUT2D eigenvalue weighted by atomic mass is 10.2. The molecule has 1 N–H and O–H groups in total. The van der Waals surface area contributed by atoms with Crippen LogP contribution in [0.15, 0.2) is 87.2 Å². The van der Waals surface area contributed by atoms with E-state index in [0.29, 0.717) is 16.0 Å². The van der Waals surface area contributed by atoms with Gasteiger partial charge in [0.1, 0.15) is 5.76 Å². The summed E-state index contributed by atoms with van der Waals surface area (Å²) in [5, 5.41) is 14.0. The predicted molar refractivity (Wildman–Crippen MR) is 136 cm³/mol. The number of allylic oxidation sites excluding steroid dienone is 1. The number of thioether (sulfide) groups is 1. The van der Waals surface area contributed by atoms with E-state index in [-0.39, 0.29) is 11.7 Å². The van der Waals surface area contributed by atoms with Crippen LogP contribution in [0.1, 0.15) is 18.2 Å². The number of aromatic nitrogens is 3. The minimum Gasteiger partial charge on any atom is -0.465 e. The fraction of sp³-hybridized carbons (Fsp3) is 0.120. The van der Waals surface area contributed by atoms with Crippen molar-refractivity contribution in [2.45, 2.75) is 19.0 Å². The third-order valence-corrected chi connectivity index (χ3v) is 5.91. The molecule has 4 aromatic rings. The minimum absolute atomic E-state index is 0.128. The second-order valence-corrected chi connectivity index (χ2v) is 8.85. The predicted octanol–water partition coefficient (Wildman–Crippen LogP) is 5.79. The largest absolute Gasteiger partial charge is 0.465 e. The number of carbonyl (C=O) groups excluding carboxylic acids is 1. The van der Waals surface area contributed by atoms with E-state index in [1.165, 1.54) is 11.8 Å². The Labute approximate surface area is 206 Å². The summed E-state index contributed by atoms with van der Waals surface area (Å²) < 4.78 is 7.19. The van der Waals surface area contributed by atoms with E-state index in [1.54, 1.807) is 12.5 Å². The standard InChI is InChI=1S/C25H22ClN5O2S/c1-17-5-11-21(12-6-17)31-24(19-7-9-20(26)10-8-19)29-30-25(31)34-16-23(32)28-27-15-18(2)14-22-4-3-13-33-22/h3-15H,16H2,1-2H3,(H,28,32)/b18-14+,27-15+. The van der Waals surface area contributed by atoms with Crippen LogP contribution in [-0.2, 0) is 4.79 Å². The molecule has 0 saturated heterocycles. The number of nitrogens with zero attached hydrogens (tertiary/aromatic N) is 4. The van der Waals surface area contributed by atoms with E-state index < -0.39 is 0 Å². The molecule has 1 amide bonds. The van der Waals surface area contributed by atoms with Crippen molar-refractivity contribution >= 4 is 41.6 Å². The van der Waals surface area contributed by atoms with Crippen molar-refractivity contribution in [2.75, 3.05) is 5.75 Å². The van der Waals surface area contributed by atoms with E-state index in [4.69, 9.17) is 16.0 Å². The van der Waals surface area contributed by atoms with Crippen LogP contribution in [0.4, 0.5) is 0 Å². The fourth-order valence-electron chi connectivity index (χ4n) is 3.08.